The van der Waals surface area contributed by atoms with Gasteiger partial charge < -0.3 is 9.80 Å². The number of aryl methyl sites for hydroxylation is 2. The Morgan fingerprint density at radius 2 is 1.53 bits per heavy atom. The summed E-state index contributed by atoms with van der Waals surface area (Å²) < 4.78 is 0. The van der Waals surface area contributed by atoms with Crippen LogP contribution >= 0.6 is 0 Å². The first-order valence-corrected chi connectivity index (χ1v) is 11.2. The number of rotatable bonds is 3. The molecule has 1 fully saturated rings. The minimum Gasteiger partial charge on any atom is -0.368 e. The minimum absolute atomic E-state index is 0.0876. The van der Waals surface area contributed by atoms with Crippen molar-refractivity contribution < 1.29 is 4.79 Å². The summed E-state index contributed by atoms with van der Waals surface area (Å²) in [5.41, 5.74) is 7.12. The van der Waals surface area contributed by atoms with Crippen LogP contribution in [0.15, 0.2) is 78.9 Å². The molecule has 0 saturated carbocycles. The molecule has 1 aromatic heterocycles. The maximum atomic E-state index is 13.7. The highest BCUT2D eigenvalue weighted by molar-refractivity contribution is 6.07. The first kappa shape index (κ1) is 20.3. The number of amides is 1. The Morgan fingerprint density at radius 3 is 2.28 bits per heavy atom. The van der Waals surface area contributed by atoms with Crippen molar-refractivity contribution in [2.45, 2.75) is 13.8 Å². The molecule has 0 atom stereocenters. The van der Waals surface area contributed by atoms with Gasteiger partial charge >= 0.3 is 0 Å². The molecule has 2 heterocycles. The highest BCUT2D eigenvalue weighted by Gasteiger charge is 2.25. The number of hydrogen-bond acceptors (Lipinski definition) is 3. The summed E-state index contributed by atoms with van der Waals surface area (Å²) >= 11 is 0. The number of hydrogen-bond donors (Lipinski definition) is 0. The van der Waals surface area contributed by atoms with Crippen LogP contribution in [-0.2, 0) is 0 Å². The molecule has 1 aliphatic heterocycles. The molecular formula is C28H27N3O. The summed E-state index contributed by atoms with van der Waals surface area (Å²) in [6, 6.07) is 26.6. The predicted octanol–water partition coefficient (Wildman–Crippen LogP) is 5.48. The third-order valence-electron chi connectivity index (χ3n) is 6.29. The van der Waals surface area contributed by atoms with Gasteiger partial charge in [0.1, 0.15) is 0 Å². The number of benzene rings is 3. The molecule has 32 heavy (non-hydrogen) atoms. The molecule has 1 amide bonds. The van der Waals surface area contributed by atoms with Gasteiger partial charge in [0, 0.05) is 42.8 Å². The Hall–Kier alpha value is -3.66. The average molecular weight is 422 g/mol. The Morgan fingerprint density at radius 1 is 0.812 bits per heavy atom. The van der Waals surface area contributed by atoms with Gasteiger partial charge in [-0.15, -0.1) is 0 Å². The van der Waals surface area contributed by atoms with Crippen molar-refractivity contribution in [1.82, 2.24) is 9.88 Å². The smallest absolute Gasteiger partial charge is 0.254 e. The monoisotopic (exact) mass is 421 g/mol. The fraction of sp³-hybridized carbons (Fsp3) is 0.214. The van der Waals surface area contributed by atoms with E-state index in [2.05, 4.69) is 55.1 Å². The summed E-state index contributed by atoms with van der Waals surface area (Å²) in [5, 5.41) is 0.927. The summed E-state index contributed by atoms with van der Waals surface area (Å²) in [6.45, 7) is 7.30. The first-order valence-electron chi connectivity index (χ1n) is 11.2. The normalized spacial score (nSPS) is 14.1. The van der Waals surface area contributed by atoms with E-state index in [4.69, 9.17) is 4.98 Å². The zero-order valence-electron chi connectivity index (χ0n) is 18.6. The number of anilines is 1. The molecule has 4 heteroatoms. The van der Waals surface area contributed by atoms with Crippen LogP contribution in [0.5, 0.6) is 0 Å². The van der Waals surface area contributed by atoms with Crippen LogP contribution in [-0.4, -0.2) is 42.0 Å². The Bertz CT molecular complexity index is 1270. The Labute approximate surface area is 189 Å². The quantitative estimate of drug-likeness (QED) is 0.439. The zero-order chi connectivity index (χ0) is 22.1. The van der Waals surface area contributed by atoms with E-state index < -0.39 is 0 Å². The van der Waals surface area contributed by atoms with Gasteiger partial charge in [-0.3, -0.25) is 4.79 Å². The highest BCUT2D eigenvalue weighted by Crippen LogP contribution is 2.28. The van der Waals surface area contributed by atoms with Crippen molar-refractivity contribution in [2.24, 2.45) is 0 Å². The lowest BCUT2D eigenvalue weighted by Crippen LogP contribution is -2.49. The molecule has 0 radical (unpaired) electrons. The molecule has 0 unspecified atom stereocenters. The van der Waals surface area contributed by atoms with Crippen molar-refractivity contribution in [2.75, 3.05) is 31.1 Å². The fourth-order valence-electron chi connectivity index (χ4n) is 4.51. The third kappa shape index (κ3) is 3.84. The van der Waals surface area contributed by atoms with E-state index in [1.165, 1.54) is 11.3 Å². The van der Waals surface area contributed by atoms with Crippen LogP contribution in [0, 0.1) is 13.8 Å². The van der Waals surface area contributed by atoms with Crippen molar-refractivity contribution in [3.8, 4) is 11.3 Å². The molecule has 4 aromatic rings. The number of para-hydroxylation sites is 1. The zero-order valence-corrected chi connectivity index (χ0v) is 18.6. The SMILES string of the molecule is Cc1ccc2nc(-c3ccccc3)cc(C(=O)N3CCN(c4ccccc4C)CC3)c2c1. The minimum atomic E-state index is 0.0876. The molecule has 0 N–H and O–H groups in total. The molecule has 4 nitrogen and oxygen atoms in total. The van der Waals surface area contributed by atoms with Crippen LogP contribution in [0.4, 0.5) is 5.69 Å². The van der Waals surface area contributed by atoms with Gasteiger partial charge in [0.15, 0.2) is 0 Å². The van der Waals surface area contributed by atoms with Gasteiger partial charge in [-0.25, -0.2) is 4.98 Å². The number of piperazine rings is 1. The summed E-state index contributed by atoms with van der Waals surface area (Å²) in [4.78, 5) is 22.9. The van der Waals surface area contributed by atoms with Crippen LogP contribution < -0.4 is 4.90 Å². The lowest BCUT2D eigenvalue weighted by Gasteiger charge is -2.37. The molecular weight excluding hydrogens is 394 g/mol. The fourth-order valence-corrected chi connectivity index (χ4v) is 4.51. The van der Waals surface area contributed by atoms with E-state index in [1.54, 1.807) is 0 Å². The standard InChI is InChI=1S/C28H27N3O/c1-20-12-13-25-23(18-20)24(19-26(29-25)22-9-4-3-5-10-22)28(32)31-16-14-30(15-17-31)27-11-7-6-8-21(27)2/h3-13,18-19H,14-17H2,1-2H3. The topological polar surface area (TPSA) is 36.4 Å². The number of pyridine rings is 1. The van der Waals surface area contributed by atoms with E-state index in [1.807, 2.05) is 47.4 Å². The highest BCUT2D eigenvalue weighted by atomic mass is 16.2. The van der Waals surface area contributed by atoms with Gasteiger partial charge in [0.25, 0.3) is 5.91 Å². The molecule has 0 bridgehead atoms. The molecule has 0 spiro atoms. The molecule has 3 aromatic carbocycles. The lowest BCUT2D eigenvalue weighted by molar-refractivity contribution is 0.0748. The van der Waals surface area contributed by atoms with Crippen LogP contribution in [0.1, 0.15) is 21.5 Å². The van der Waals surface area contributed by atoms with Crippen LogP contribution in [0.25, 0.3) is 22.2 Å². The number of nitrogens with zero attached hydrogens (tertiary/aromatic N) is 3. The Balaban J connectivity index is 1.47. The van der Waals surface area contributed by atoms with Gasteiger partial charge in [-0.05, 0) is 43.7 Å². The number of fused-ring (bicyclic) bond motifs is 1. The van der Waals surface area contributed by atoms with Crippen molar-refractivity contribution >= 4 is 22.5 Å². The number of carbonyl (C=O) groups is 1. The number of aromatic nitrogens is 1. The lowest BCUT2D eigenvalue weighted by atomic mass is 10.0. The summed E-state index contributed by atoms with van der Waals surface area (Å²) in [6.07, 6.45) is 0. The van der Waals surface area contributed by atoms with E-state index >= 15 is 0 Å². The second-order valence-electron chi connectivity index (χ2n) is 8.51. The summed E-state index contributed by atoms with van der Waals surface area (Å²) in [7, 11) is 0. The summed E-state index contributed by atoms with van der Waals surface area (Å²) in [5.74, 6) is 0.0876. The maximum absolute atomic E-state index is 13.7. The van der Waals surface area contributed by atoms with Crippen molar-refractivity contribution in [3.05, 3.63) is 95.6 Å². The van der Waals surface area contributed by atoms with Crippen LogP contribution in [0.2, 0.25) is 0 Å². The predicted molar refractivity (Wildman–Crippen MR) is 131 cm³/mol. The molecule has 160 valence electrons. The first-order chi connectivity index (χ1) is 15.6. The van der Waals surface area contributed by atoms with Gasteiger partial charge in [-0.1, -0.05) is 60.2 Å². The number of carbonyl (C=O) groups excluding carboxylic acids is 1. The van der Waals surface area contributed by atoms with Gasteiger partial charge in [-0.2, -0.15) is 0 Å². The third-order valence-corrected chi connectivity index (χ3v) is 6.29. The van der Waals surface area contributed by atoms with E-state index in [9.17, 15) is 4.79 Å². The molecule has 5 rings (SSSR count). The maximum Gasteiger partial charge on any atom is 0.254 e. The molecule has 0 aliphatic carbocycles. The van der Waals surface area contributed by atoms with E-state index in [0.29, 0.717) is 13.1 Å². The van der Waals surface area contributed by atoms with E-state index in [0.717, 1.165) is 46.4 Å². The molecule has 1 aliphatic rings. The Kier molecular flexibility index (Phi) is 5.36. The second-order valence-corrected chi connectivity index (χ2v) is 8.51. The van der Waals surface area contributed by atoms with E-state index in [-0.39, 0.29) is 5.91 Å². The second kappa shape index (κ2) is 8.46. The average Bonchev–Trinajstić information content (AvgIpc) is 2.84. The molecule has 1 saturated heterocycles. The van der Waals surface area contributed by atoms with Gasteiger partial charge in [0.2, 0.25) is 0 Å². The largest absolute Gasteiger partial charge is 0.368 e. The van der Waals surface area contributed by atoms with Crippen molar-refractivity contribution in [1.29, 1.82) is 0 Å². The van der Waals surface area contributed by atoms with Crippen molar-refractivity contribution in [3.63, 3.8) is 0 Å². The van der Waals surface area contributed by atoms with Gasteiger partial charge in [0.05, 0.1) is 16.8 Å². The van der Waals surface area contributed by atoms with Crippen LogP contribution in [0.3, 0.4) is 0 Å².